The predicted octanol–water partition coefficient (Wildman–Crippen LogP) is 5.76. The first kappa shape index (κ1) is 19.6. The number of hydrogen-bond acceptors (Lipinski definition) is 4. The van der Waals surface area contributed by atoms with Gasteiger partial charge in [0.2, 0.25) is 0 Å². The van der Waals surface area contributed by atoms with Crippen LogP contribution < -0.4 is 10.6 Å². The Morgan fingerprint density at radius 2 is 1.37 bits per heavy atom. The van der Waals surface area contributed by atoms with Gasteiger partial charge in [-0.2, -0.15) is 0 Å². The maximum absolute atomic E-state index is 13.4. The van der Waals surface area contributed by atoms with Crippen LogP contribution in [0.25, 0.3) is 6.08 Å². The van der Waals surface area contributed by atoms with Crippen molar-refractivity contribution in [3.63, 3.8) is 0 Å². The van der Waals surface area contributed by atoms with Gasteiger partial charge in [0.1, 0.15) is 0 Å². The van der Waals surface area contributed by atoms with Crippen molar-refractivity contribution in [2.75, 3.05) is 10.6 Å². The first-order chi connectivity index (χ1) is 14.6. The molecular formula is C26H24N2O2. The Hall–Kier alpha value is -3.66. The van der Waals surface area contributed by atoms with Gasteiger partial charge in [0.25, 0.3) is 0 Å². The van der Waals surface area contributed by atoms with Gasteiger partial charge in [0, 0.05) is 29.1 Å². The van der Waals surface area contributed by atoms with Crippen LogP contribution in [-0.4, -0.2) is 17.6 Å². The molecule has 0 aromatic heterocycles. The van der Waals surface area contributed by atoms with Gasteiger partial charge < -0.3 is 10.6 Å². The summed E-state index contributed by atoms with van der Waals surface area (Å²) < 4.78 is 0. The Morgan fingerprint density at radius 3 is 2.00 bits per heavy atom. The van der Waals surface area contributed by atoms with Crippen LogP contribution in [0.3, 0.4) is 0 Å². The monoisotopic (exact) mass is 396 g/mol. The standard InChI is InChI=1S/C26H24N2O2/c1-3-17(2)28-22-14-13-21(27-16-15-18-9-5-4-6-10-18)23-24(22)26(30)20-12-8-7-11-19(20)25(23)29/h4-17,27-28H,3H2,1-2H3. The molecule has 150 valence electrons. The van der Waals surface area contributed by atoms with E-state index in [1.807, 2.05) is 48.5 Å². The van der Waals surface area contributed by atoms with E-state index in [9.17, 15) is 9.59 Å². The smallest absolute Gasteiger partial charge is 0.196 e. The lowest BCUT2D eigenvalue weighted by Gasteiger charge is -2.24. The number of nitrogens with one attached hydrogen (secondary N) is 2. The van der Waals surface area contributed by atoms with Crippen molar-refractivity contribution in [2.45, 2.75) is 26.3 Å². The van der Waals surface area contributed by atoms with Crippen molar-refractivity contribution in [1.29, 1.82) is 0 Å². The summed E-state index contributed by atoms with van der Waals surface area (Å²) in [5.74, 6) is -0.259. The SMILES string of the molecule is CCC(C)Nc1ccc(NC=Cc2ccccc2)c2c1C(=O)c1ccccc1C2=O. The molecule has 1 aliphatic rings. The van der Waals surface area contributed by atoms with Crippen molar-refractivity contribution in [3.8, 4) is 0 Å². The molecule has 0 bridgehead atoms. The summed E-state index contributed by atoms with van der Waals surface area (Å²) in [5, 5.41) is 6.61. The van der Waals surface area contributed by atoms with Crippen molar-refractivity contribution in [3.05, 3.63) is 101 Å². The highest BCUT2D eigenvalue weighted by Crippen LogP contribution is 2.37. The Kier molecular flexibility index (Phi) is 5.48. The zero-order valence-electron chi connectivity index (χ0n) is 17.1. The third kappa shape index (κ3) is 3.64. The average Bonchev–Trinajstić information content (AvgIpc) is 2.78. The van der Waals surface area contributed by atoms with Gasteiger partial charge in [0.05, 0.1) is 16.8 Å². The second kappa shape index (κ2) is 8.37. The number of anilines is 2. The first-order valence-corrected chi connectivity index (χ1v) is 10.2. The molecule has 0 spiro atoms. The highest BCUT2D eigenvalue weighted by Gasteiger charge is 2.33. The minimum Gasteiger partial charge on any atom is -0.382 e. The van der Waals surface area contributed by atoms with Gasteiger partial charge in [-0.3, -0.25) is 9.59 Å². The summed E-state index contributed by atoms with van der Waals surface area (Å²) in [6.45, 7) is 4.14. The minimum absolute atomic E-state index is 0.123. The van der Waals surface area contributed by atoms with Gasteiger partial charge in [0.15, 0.2) is 11.6 Å². The normalized spacial score (nSPS) is 13.7. The van der Waals surface area contributed by atoms with Crippen molar-refractivity contribution in [2.24, 2.45) is 0 Å². The van der Waals surface area contributed by atoms with Crippen LogP contribution in [0.4, 0.5) is 11.4 Å². The molecule has 30 heavy (non-hydrogen) atoms. The molecule has 4 rings (SSSR count). The second-order valence-corrected chi connectivity index (χ2v) is 7.46. The third-order valence-electron chi connectivity index (χ3n) is 5.40. The predicted molar refractivity (Wildman–Crippen MR) is 122 cm³/mol. The lowest BCUT2D eigenvalue weighted by Crippen LogP contribution is -2.25. The maximum Gasteiger partial charge on any atom is 0.196 e. The quantitative estimate of drug-likeness (QED) is 0.435. The minimum atomic E-state index is -0.136. The van der Waals surface area contributed by atoms with E-state index in [0.29, 0.717) is 33.6 Å². The van der Waals surface area contributed by atoms with Gasteiger partial charge in [-0.15, -0.1) is 0 Å². The third-order valence-corrected chi connectivity index (χ3v) is 5.40. The summed E-state index contributed by atoms with van der Waals surface area (Å²) in [6, 6.07) is 20.8. The largest absolute Gasteiger partial charge is 0.382 e. The molecule has 2 N–H and O–H groups in total. The molecule has 1 aliphatic carbocycles. The van der Waals surface area contributed by atoms with E-state index in [4.69, 9.17) is 0 Å². The first-order valence-electron chi connectivity index (χ1n) is 10.2. The van der Waals surface area contributed by atoms with E-state index in [1.165, 1.54) is 0 Å². The second-order valence-electron chi connectivity index (χ2n) is 7.46. The fourth-order valence-electron chi connectivity index (χ4n) is 3.62. The van der Waals surface area contributed by atoms with Crippen LogP contribution in [0.2, 0.25) is 0 Å². The molecule has 4 nitrogen and oxygen atoms in total. The number of carbonyl (C=O) groups is 2. The molecule has 1 atom stereocenters. The van der Waals surface area contributed by atoms with E-state index in [2.05, 4.69) is 24.5 Å². The van der Waals surface area contributed by atoms with Crippen LogP contribution in [0.1, 0.15) is 57.7 Å². The average molecular weight is 396 g/mol. The molecule has 0 saturated carbocycles. The van der Waals surface area contributed by atoms with Gasteiger partial charge in [-0.1, -0.05) is 61.5 Å². The van der Waals surface area contributed by atoms with Gasteiger partial charge in [-0.25, -0.2) is 0 Å². The molecule has 1 unspecified atom stereocenters. The summed E-state index contributed by atoms with van der Waals surface area (Å²) in [6.07, 6.45) is 4.64. The molecule has 0 saturated heterocycles. The topological polar surface area (TPSA) is 58.2 Å². The van der Waals surface area contributed by atoms with Crippen LogP contribution in [-0.2, 0) is 0 Å². The molecule has 0 aliphatic heterocycles. The van der Waals surface area contributed by atoms with E-state index in [1.54, 1.807) is 30.5 Å². The summed E-state index contributed by atoms with van der Waals surface area (Å²) in [4.78, 5) is 26.7. The maximum atomic E-state index is 13.4. The molecule has 0 fully saturated rings. The molecule has 3 aromatic carbocycles. The van der Waals surface area contributed by atoms with Crippen molar-refractivity contribution >= 4 is 29.0 Å². The highest BCUT2D eigenvalue weighted by molar-refractivity contribution is 6.32. The lowest BCUT2D eigenvalue weighted by atomic mass is 9.82. The fourth-order valence-corrected chi connectivity index (χ4v) is 3.62. The van der Waals surface area contributed by atoms with Gasteiger partial charge in [-0.05, 0) is 37.1 Å². The van der Waals surface area contributed by atoms with Crippen molar-refractivity contribution < 1.29 is 9.59 Å². The number of fused-ring (bicyclic) bond motifs is 2. The van der Waals surface area contributed by atoms with Crippen LogP contribution in [0, 0.1) is 0 Å². The summed E-state index contributed by atoms with van der Waals surface area (Å²) in [5.41, 5.74) is 4.14. The molecule has 0 amide bonds. The molecule has 4 heteroatoms. The fraction of sp³-hybridized carbons (Fsp3) is 0.154. The number of ketones is 2. The zero-order valence-corrected chi connectivity index (χ0v) is 17.1. The molecule has 0 heterocycles. The Morgan fingerprint density at radius 1 is 0.800 bits per heavy atom. The van der Waals surface area contributed by atoms with Gasteiger partial charge >= 0.3 is 0 Å². The summed E-state index contributed by atoms with van der Waals surface area (Å²) in [7, 11) is 0. The molecule has 0 radical (unpaired) electrons. The van der Waals surface area contributed by atoms with Crippen LogP contribution in [0.5, 0.6) is 0 Å². The van der Waals surface area contributed by atoms with E-state index in [0.717, 1.165) is 12.0 Å². The van der Waals surface area contributed by atoms with E-state index in [-0.39, 0.29) is 17.6 Å². The van der Waals surface area contributed by atoms with Crippen LogP contribution >= 0.6 is 0 Å². The number of carbonyl (C=O) groups excluding carboxylic acids is 2. The number of hydrogen-bond donors (Lipinski definition) is 2. The van der Waals surface area contributed by atoms with E-state index >= 15 is 0 Å². The summed E-state index contributed by atoms with van der Waals surface area (Å²) >= 11 is 0. The highest BCUT2D eigenvalue weighted by atomic mass is 16.1. The van der Waals surface area contributed by atoms with Crippen molar-refractivity contribution in [1.82, 2.24) is 0 Å². The Balaban J connectivity index is 1.78. The number of benzene rings is 3. The number of rotatable bonds is 6. The lowest BCUT2D eigenvalue weighted by molar-refractivity contribution is 0.0980. The molecule has 3 aromatic rings. The Labute approximate surface area is 176 Å². The Bertz CT molecular complexity index is 1130. The molecular weight excluding hydrogens is 372 g/mol. The zero-order chi connectivity index (χ0) is 21.1. The van der Waals surface area contributed by atoms with Crippen LogP contribution in [0.15, 0.2) is 72.9 Å². The van der Waals surface area contributed by atoms with E-state index < -0.39 is 0 Å².